The fourth-order valence-electron chi connectivity index (χ4n) is 2.43. The second-order valence-electron chi connectivity index (χ2n) is 6.24. The molecule has 0 spiro atoms. The molecule has 30 heavy (non-hydrogen) atoms. The first-order valence-corrected chi connectivity index (χ1v) is 9.30. The molecule has 0 saturated carbocycles. The van der Waals surface area contributed by atoms with Crippen molar-refractivity contribution in [1.29, 1.82) is 0 Å². The predicted octanol–water partition coefficient (Wildman–Crippen LogP) is 3.67. The summed E-state index contributed by atoms with van der Waals surface area (Å²) in [6.07, 6.45) is -4.36. The summed E-state index contributed by atoms with van der Waals surface area (Å²) >= 11 is 0. The quantitative estimate of drug-likeness (QED) is 0.385. The molecule has 2 N–H and O–H groups in total. The summed E-state index contributed by atoms with van der Waals surface area (Å²) in [6.45, 7) is 1.69. The Labute approximate surface area is 173 Å². The molecule has 0 fully saturated rings. The van der Waals surface area contributed by atoms with Crippen LogP contribution in [0.3, 0.4) is 0 Å². The molecule has 0 aromatic heterocycles. The van der Waals surface area contributed by atoms with Gasteiger partial charge >= 0.3 is 12.1 Å². The van der Waals surface area contributed by atoms with Gasteiger partial charge < -0.3 is 20.1 Å². The molecular formula is C21H24F3N3O3. The zero-order valence-electron chi connectivity index (χ0n) is 16.8. The maximum atomic E-state index is 12.2. The highest BCUT2D eigenvalue weighted by molar-refractivity contribution is 5.89. The lowest BCUT2D eigenvalue weighted by molar-refractivity contribution is -0.153. The summed E-state index contributed by atoms with van der Waals surface area (Å²) in [5.41, 5.74) is 2.30. The number of alkyl halides is 3. The van der Waals surface area contributed by atoms with Crippen LogP contribution < -0.4 is 15.4 Å². The van der Waals surface area contributed by atoms with Crippen molar-refractivity contribution in [3.05, 3.63) is 65.2 Å². The minimum atomic E-state index is -4.36. The van der Waals surface area contributed by atoms with Gasteiger partial charge in [0, 0.05) is 20.1 Å². The van der Waals surface area contributed by atoms with Crippen molar-refractivity contribution in [2.45, 2.75) is 26.2 Å². The summed E-state index contributed by atoms with van der Waals surface area (Å²) < 4.78 is 46.2. The molecule has 0 radical (unpaired) electrons. The second-order valence-corrected chi connectivity index (χ2v) is 6.24. The van der Waals surface area contributed by atoms with E-state index in [0.29, 0.717) is 31.2 Å². The van der Waals surface area contributed by atoms with Gasteiger partial charge in [-0.15, -0.1) is 0 Å². The van der Waals surface area contributed by atoms with E-state index in [4.69, 9.17) is 4.74 Å². The smallest absolute Gasteiger partial charge is 0.422 e. The first-order valence-electron chi connectivity index (χ1n) is 9.30. The lowest BCUT2D eigenvalue weighted by atomic mass is 10.1. The Bertz CT molecular complexity index is 835. The lowest BCUT2D eigenvalue weighted by Gasteiger charge is -2.13. The minimum absolute atomic E-state index is 0.157. The van der Waals surface area contributed by atoms with Crippen LogP contribution in [0.5, 0.6) is 5.75 Å². The Kier molecular flexibility index (Phi) is 8.52. The third-order valence-electron chi connectivity index (χ3n) is 3.93. The zero-order valence-corrected chi connectivity index (χ0v) is 16.8. The zero-order chi connectivity index (χ0) is 22.0. The van der Waals surface area contributed by atoms with Gasteiger partial charge in [0.25, 0.3) is 0 Å². The molecule has 2 aromatic carbocycles. The molecule has 0 atom stereocenters. The average Bonchev–Trinajstić information content (AvgIpc) is 2.73. The summed E-state index contributed by atoms with van der Waals surface area (Å²) in [5, 5.41) is 6.27. The van der Waals surface area contributed by atoms with Crippen molar-refractivity contribution < 1.29 is 27.4 Å². The fraction of sp³-hybridized carbons (Fsp3) is 0.333. The highest BCUT2D eigenvalue weighted by Gasteiger charge is 2.28. The number of rotatable bonds is 8. The number of hydrogen-bond donors (Lipinski definition) is 2. The maximum Gasteiger partial charge on any atom is 0.422 e. The molecule has 0 heterocycles. The normalized spacial score (nSPS) is 11.7. The molecule has 0 aliphatic rings. The average molecular weight is 423 g/mol. The van der Waals surface area contributed by atoms with Gasteiger partial charge in [0.05, 0.1) is 12.2 Å². The lowest BCUT2D eigenvalue weighted by Crippen LogP contribution is -2.36. The van der Waals surface area contributed by atoms with Crippen molar-refractivity contribution in [1.82, 2.24) is 10.6 Å². The number of benzene rings is 2. The van der Waals surface area contributed by atoms with Crippen LogP contribution in [0.15, 0.2) is 53.5 Å². The first kappa shape index (κ1) is 23.1. The molecular weight excluding hydrogens is 399 g/mol. The van der Waals surface area contributed by atoms with Gasteiger partial charge in [0.2, 0.25) is 0 Å². The number of guanidine groups is 1. The number of ether oxygens (including phenoxy) is 2. The van der Waals surface area contributed by atoms with E-state index in [2.05, 4.69) is 20.4 Å². The van der Waals surface area contributed by atoms with E-state index in [1.807, 2.05) is 12.1 Å². The Hall–Kier alpha value is -3.23. The number of esters is 1. The topological polar surface area (TPSA) is 72.0 Å². The molecule has 0 unspecified atom stereocenters. The van der Waals surface area contributed by atoms with Crippen LogP contribution in [-0.4, -0.2) is 38.4 Å². The molecule has 0 aliphatic heterocycles. The van der Waals surface area contributed by atoms with Gasteiger partial charge in [-0.25, -0.2) is 4.79 Å². The van der Waals surface area contributed by atoms with Crippen molar-refractivity contribution in [2.75, 3.05) is 20.3 Å². The van der Waals surface area contributed by atoms with Gasteiger partial charge in [-0.1, -0.05) is 24.3 Å². The van der Waals surface area contributed by atoms with Crippen LogP contribution in [0.4, 0.5) is 13.2 Å². The highest BCUT2D eigenvalue weighted by Crippen LogP contribution is 2.18. The number of hydrogen-bond acceptors (Lipinski definition) is 4. The predicted molar refractivity (Wildman–Crippen MR) is 107 cm³/mol. The van der Waals surface area contributed by atoms with E-state index < -0.39 is 12.8 Å². The highest BCUT2D eigenvalue weighted by atomic mass is 19.4. The van der Waals surface area contributed by atoms with Crippen molar-refractivity contribution in [2.24, 2.45) is 4.99 Å². The number of aliphatic imine (C=N–C) groups is 1. The van der Waals surface area contributed by atoms with Crippen LogP contribution >= 0.6 is 0 Å². The number of carbonyl (C=O) groups is 1. The first-order chi connectivity index (χ1) is 14.3. The largest absolute Gasteiger partial charge is 0.484 e. The summed E-state index contributed by atoms with van der Waals surface area (Å²) in [4.78, 5) is 15.8. The van der Waals surface area contributed by atoms with E-state index in [9.17, 15) is 18.0 Å². The summed E-state index contributed by atoms with van der Waals surface area (Å²) in [7, 11) is 1.63. The third-order valence-corrected chi connectivity index (χ3v) is 3.93. The molecule has 162 valence electrons. The van der Waals surface area contributed by atoms with Gasteiger partial charge in [0.1, 0.15) is 5.75 Å². The van der Waals surface area contributed by atoms with E-state index in [1.54, 1.807) is 38.2 Å². The number of nitrogens with zero attached hydrogens (tertiary/aromatic N) is 1. The molecule has 2 aromatic rings. The van der Waals surface area contributed by atoms with Gasteiger partial charge in [0.15, 0.2) is 12.6 Å². The van der Waals surface area contributed by atoms with Gasteiger partial charge in [-0.2, -0.15) is 13.2 Å². The molecule has 2 rings (SSSR count). The molecule has 6 nitrogen and oxygen atoms in total. The van der Waals surface area contributed by atoms with Gasteiger partial charge in [-0.3, -0.25) is 4.99 Å². The summed E-state index contributed by atoms with van der Waals surface area (Å²) in [6, 6.07) is 13.4. The number of carbonyl (C=O) groups excluding carboxylic acids is 1. The Morgan fingerprint density at radius 3 is 1.97 bits per heavy atom. The second kappa shape index (κ2) is 11.1. The molecule has 0 aliphatic carbocycles. The molecule has 9 heteroatoms. The van der Waals surface area contributed by atoms with Crippen LogP contribution in [0.25, 0.3) is 0 Å². The fourth-order valence-corrected chi connectivity index (χ4v) is 2.43. The van der Waals surface area contributed by atoms with Crippen LogP contribution in [0.1, 0.15) is 28.4 Å². The van der Waals surface area contributed by atoms with E-state index in [0.717, 1.165) is 11.1 Å². The molecule has 0 bridgehead atoms. The number of nitrogens with one attached hydrogen (secondary N) is 2. The monoisotopic (exact) mass is 423 g/mol. The standard InChI is InChI=1S/C21H24F3N3O3/c1-3-29-19(28)17-8-4-15(5-9-17)12-26-20(25-2)27-13-16-6-10-18(11-7-16)30-14-21(22,23)24/h4-11H,3,12-14H2,1-2H3,(H2,25,26,27). The van der Waals surface area contributed by atoms with Crippen molar-refractivity contribution in [3.63, 3.8) is 0 Å². The third kappa shape index (κ3) is 8.02. The van der Waals surface area contributed by atoms with E-state index in [1.165, 1.54) is 12.1 Å². The number of halogens is 3. The summed E-state index contributed by atoms with van der Waals surface area (Å²) in [5.74, 6) is 0.357. The van der Waals surface area contributed by atoms with Crippen molar-refractivity contribution in [3.8, 4) is 5.75 Å². The van der Waals surface area contributed by atoms with E-state index >= 15 is 0 Å². The SMILES string of the molecule is CCOC(=O)c1ccc(CNC(=NC)NCc2ccc(OCC(F)(F)F)cc2)cc1. The van der Waals surface area contributed by atoms with Gasteiger partial charge in [-0.05, 0) is 42.3 Å². The maximum absolute atomic E-state index is 12.2. The Morgan fingerprint density at radius 1 is 0.967 bits per heavy atom. The minimum Gasteiger partial charge on any atom is -0.484 e. The molecule has 0 saturated heterocycles. The Balaban J connectivity index is 1.80. The Morgan fingerprint density at radius 2 is 1.50 bits per heavy atom. The molecule has 0 amide bonds. The van der Waals surface area contributed by atoms with Crippen LogP contribution in [-0.2, 0) is 17.8 Å². The van der Waals surface area contributed by atoms with Crippen LogP contribution in [0, 0.1) is 0 Å². The van der Waals surface area contributed by atoms with Crippen LogP contribution in [0.2, 0.25) is 0 Å². The van der Waals surface area contributed by atoms with E-state index in [-0.39, 0.29) is 11.7 Å². The van der Waals surface area contributed by atoms with Crippen molar-refractivity contribution >= 4 is 11.9 Å².